The Kier molecular flexibility index (Phi) is 3.37. The van der Waals surface area contributed by atoms with Crippen molar-refractivity contribution in [3.63, 3.8) is 0 Å². The highest BCUT2D eigenvalue weighted by Gasteiger charge is 2.35. The molecule has 4 heteroatoms. The van der Waals surface area contributed by atoms with E-state index in [0.717, 1.165) is 16.9 Å². The number of nitrogens with zero attached hydrogens (tertiary/aromatic N) is 2. The Morgan fingerprint density at radius 2 is 1.87 bits per heavy atom. The number of para-hydroxylation sites is 2. The number of carbonyl (C=O) groups is 1. The monoisotopic (exact) mass is 305 g/mol. The Morgan fingerprint density at radius 1 is 1.13 bits per heavy atom. The van der Waals surface area contributed by atoms with Gasteiger partial charge in [-0.05, 0) is 24.6 Å². The molecule has 1 aromatic heterocycles. The summed E-state index contributed by atoms with van der Waals surface area (Å²) >= 11 is 0. The fourth-order valence-corrected chi connectivity index (χ4v) is 3.37. The minimum Gasteiger partial charge on any atom is -0.342 e. The van der Waals surface area contributed by atoms with Gasteiger partial charge in [0.05, 0.1) is 17.1 Å². The molecule has 0 saturated carbocycles. The van der Waals surface area contributed by atoms with Crippen LogP contribution in [0.3, 0.4) is 0 Å². The first-order chi connectivity index (χ1) is 11.2. The predicted molar refractivity (Wildman–Crippen MR) is 90.0 cm³/mol. The van der Waals surface area contributed by atoms with Gasteiger partial charge < -0.3 is 9.88 Å². The number of H-pyrrole nitrogens is 1. The maximum absolute atomic E-state index is 12.5. The second-order valence-electron chi connectivity index (χ2n) is 6.17. The number of fused-ring (bicyclic) bond motifs is 1. The van der Waals surface area contributed by atoms with Crippen molar-refractivity contribution in [1.29, 1.82) is 0 Å². The van der Waals surface area contributed by atoms with E-state index in [1.165, 1.54) is 5.56 Å². The van der Waals surface area contributed by atoms with Gasteiger partial charge in [0, 0.05) is 18.9 Å². The number of rotatable bonds is 3. The minimum atomic E-state index is 0.0954. The summed E-state index contributed by atoms with van der Waals surface area (Å²) in [6.07, 6.45) is 0.525. The van der Waals surface area contributed by atoms with Crippen LogP contribution in [0, 0.1) is 0 Å². The second kappa shape index (κ2) is 5.54. The van der Waals surface area contributed by atoms with Crippen molar-refractivity contribution in [2.45, 2.75) is 25.3 Å². The quantitative estimate of drug-likeness (QED) is 0.803. The van der Waals surface area contributed by atoms with Crippen LogP contribution >= 0.6 is 0 Å². The first-order valence-corrected chi connectivity index (χ1v) is 8.01. The Hall–Kier alpha value is -2.62. The van der Waals surface area contributed by atoms with Crippen molar-refractivity contribution >= 4 is 16.9 Å². The van der Waals surface area contributed by atoms with Crippen LogP contribution in [0.25, 0.3) is 11.0 Å². The summed E-state index contributed by atoms with van der Waals surface area (Å²) in [5.74, 6) is 1.26. The van der Waals surface area contributed by atoms with E-state index in [1.807, 2.05) is 47.4 Å². The van der Waals surface area contributed by atoms with Crippen LogP contribution in [0.15, 0.2) is 54.6 Å². The fraction of sp³-hybridized carbons (Fsp3) is 0.263. The lowest BCUT2D eigenvalue weighted by Crippen LogP contribution is -2.28. The van der Waals surface area contributed by atoms with Crippen LogP contribution in [0.4, 0.5) is 0 Å². The molecule has 2 atom stereocenters. The summed E-state index contributed by atoms with van der Waals surface area (Å²) in [4.78, 5) is 22.5. The highest BCUT2D eigenvalue weighted by Crippen LogP contribution is 2.33. The number of hydrogen-bond donors (Lipinski definition) is 1. The zero-order valence-electron chi connectivity index (χ0n) is 13.1. The van der Waals surface area contributed by atoms with Crippen molar-refractivity contribution in [3.8, 4) is 0 Å². The lowest BCUT2D eigenvalue weighted by Gasteiger charge is -2.25. The number of carbonyl (C=O) groups excluding carboxylic acids is 1. The van der Waals surface area contributed by atoms with Gasteiger partial charge in [-0.3, -0.25) is 4.79 Å². The van der Waals surface area contributed by atoms with E-state index in [1.54, 1.807) is 0 Å². The summed E-state index contributed by atoms with van der Waals surface area (Å²) in [6.45, 7) is 2.81. The molecule has 0 spiro atoms. The molecule has 1 N–H and O–H groups in total. The van der Waals surface area contributed by atoms with Crippen molar-refractivity contribution in [3.05, 3.63) is 66.0 Å². The van der Waals surface area contributed by atoms with Crippen molar-refractivity contribution in [2.75, 3.05) is 6.54 Å². The first kappa shape index (κ1) is 14.0. The molecule has 1 saturated heterocycles. The van der Waals surface area contributed by atoms with Gasteiger partial charge >= 0.3 is 0 Å². The largest absolute Gasteiger partial charge is 0.342 e. The topological polar surface area (TPSA) is 49.0 Å². The maximum atomic E-state index is 12.5. The molecule has 0 radical (unpaired) electrons. The van der Waals surface area contributed by atoms with Crippen LogP contribution in [-0.4, -0.2) is 27.3 Å². The SMILES string of the molecule is C[C@H](c1ccccc1)N1C[C@H](c2nc3ccccc3[nH]2)CC1=O. The molecule has 3 aromatic rings. The second-order valence-corrected chi connectivity index (χ2v) is 6.17. The smallest absolute Gasteiger partial charge is 0.223 e. The number of amides is 1. The van der Waals surface area contributed by atoms with E-state index in [2.05, 4.69) is 29.0 Å². The molecule has 0 unspecified atom stereocenters. The molecule has 4 rings (SSSR count). The average Bonchev–Trinajstić information content (AvgIpc) is 3.18. The van der Waals surface area contributed by atoms with Crippen molar-refractivity contribution in [1.82, 2.24) is 14.9 Å². The van der Waals surface area contributed by atoms with E-state index >= 15 is 0 Å². The third-order valence-corrected chi connectivity index (χ3v) is 4.70. The van der Waals surface area contributed by atoms with Gasteiger partial charge in [-0.25, -0.2) is 4.98 Å². The van der Waals surface area contributed by atoms with Gasteiger partial charge in [-0.2, -0.15) is 0 Å². The number of benzene rings is 2. The summed E-state index contributed by atoms with van der Waals surface area (Å²) in [5, 5.41) is 0. The Labute approximate surface area is 135 Å². The molecule has 1 fully saturated rings. The highest BCUT2D eigenvalue weighted by atomic mass is 16.2. The number of imidazole rings is 1. The van der Waals surface area contributed by atoms with Crippen LogP contribution < -0.4 is 0 Å². The first-order valence-electron chi connectivity index (χ1n) is 8.01. The maximum Gasteiger partial charge on any atom is 0.223 e. The molecule has 1 amide bonds. The van der Waals surface area contributed by atoms with Crippen molar-refractivity contribution in [2.24, 2.45) is 0 Å². The van der Waals surface area contributed by atoms with Crippen molar-refractivity contribution < 1.29 is 4.79 Å². The highest BCUT2D eigenvalue weighted by molar-refractivity contribution is 5.81. The third kappa shape index (κ3) is 2.50. The van der Waals surface area contributed by atoms with Gasteiger partial charge in [0.1, 0.15) is 5.82 Å². The third-order valence-electron chi connectivity index (χ3n) is 4.70. The predicted octanol–water partition coefficient (Wildman–Crippen LogP) is 3.64. The van der Waals surface area contributed by atoms with Gasteiger partial charge in [-0.15, -0.1) is 0 Å². The van der Waals surface area contributed by atoms with Gasteiger partial charge in [0.2, 0.25) is 5.91 Å². The molecule has 4 nitrogen and oxygen atoms in total. The van der Waals surface area contributed by atoms with Crippen LogP contribution in [0.5, 0.6) is 0 Å². The lowest BCUT2D eigenvalue weighted by atomic mass is 10.1. The summed E-state index contributed by atoms with van der Waals surface area (Å²) in [7, 11) is 0. The van der Waals surface area contributed by atoms with Crippen LogP contribution in [0.1, 0.15) is 36.7 Å². The van der Waals surface area contributed by atoms with E-state index in [9.17, 15) is 4.79 Å². The van der Waals surface area contributed by atoms with Gasteiger partial charge in [0.15, 0.2) is 0 Å². The Morgan fingerprint density at radius 3 is 2.65 bits per heavy atom. The number of aromatic amines is 1. The van der Waals surface area contributed by atoms with E-state index in [4.69, 9.17) is 0 Å². The molecular formula is C19H19N3O. The average molecular weight is 305 g/mol. The molecule has 0 aliphatic carbocycles. The van der Waals surface area contributed by atoms with E-state index in [0.29, 0.717) is 13.0 Å². The van der Waals surface area contributed by atoms with E-state index in [-0.39, 0.29) is 17.9 Å². The zero-order valence-corrected chi connectivity index (χ0v) is 13.1. The van der Waals surface area contributed by atoms with Crippen LogP contribution in [-0.2, 0) is 4.79 Å². The normalized spacial score (nSPS) is 19.4. The molecule has 0 bridgehead atoms. The molecule has 2 aromatic carbocycles. The summed E-state index contributed by atoms with van der Waals surface area (Å²) in [6, 6.07) is 18.3. The molecule has 23 heavy (non-hydrogen) atoms. The minimum absolute atomic E-state index is 0.0954. The van der Waals surface area contributed by atoms with Gasteiger partial charge in [0.25, 0.3) is 0 Å². The summed E-state index contributed by atoms with van der Waals surface area (Å²) < 4.78 is 0. The van der Waals surface area contributed by atoms with Crippen LogP contribution in [0.2, 0.25) is 0 Å². The molecule has 1 aliphatic heterocycles. The van der Waals surface area contributed by atoms with E-state index < -0.39 is 0 Å². The number of aromatic nitrogens is 2. The molecular weight excluding hydrogens is 286 g/mol. The standard InChI is InChI=1S/C19H19N3O/c1-13(14-7-3-2-4-8-14)22-12-15(11-18(22)23)19-20-16-9-5-6-10-17(16)21-19/h2-10,13,15H,11-12H2,1H3,(H,20,21)/t13-,15-/m1/s1. The number of nitrogens with one attached hydrogen (secondary N) is 1. The molecule has 2 heterocycles. The zero-order chi connectivity index (χ0) is 15.8. The summed E-state index contributed by atoms with van der Waals surface area (Å²) in [5.41, 5.74) is 3.17. The Balaban J connectivity index is 1.58. The Bertz CT molecular complexity index is 807. The molecule has 116 valence electrons. The lowest BCUT2D eigenvalue weighted by molar-refractivity contribution is -0.129. The number of likely N-dealkylation sites (tertiary alicyclic amines) is 1. The van der Waals surface area contributed by atoms with Gasteiger partial charge in [-0.1, -0.05) is 42.5 Å². The fourth-order valence-electron chi connectivity index (χ4n) is 3.37. The molecule has 1 aliphatic rings. The number of hydrogen-bond acceptors (Lipinski definition) is 2.